The Morgan fingerprint density at radius 2 is 1.89 bits per heavy atom. The molecule has 94 valence electrons. The van der Waals surface area contributed by atoms with Gasteiger partial charge in [0.05, 0.1) is 5.69 Å². The summed E-state index contributed by atoms with van der Waals surface area (Å²) in [5.74, 6) is 0. The number of piperazine rings is 1. The van der Waals surface area contributed by atoms with Gasteiger partial charge in [0.1, 0.15) is 6.33 Å². The highest BCUT2D eigenvalue weighted by Gasteiger charge is 2.10. The first-order chi connectivity index (χ1) is 8.92. The van der Waals surface area contributed by atoms with Gasteiger partial charge in [0.15, 0.2) is 0 Å². The van der Waals surface area contributed by atoms with Crippen LogP contribution in [-0.2, 0) is 6.42 Å². The largest absolute Gasteiger partial charge is 0.313 e. The van der Waals surface area contributed by atoms with Crippen LogP contribution in [0.4, 0.5) is 0 Å². The summed E-state index contributed by atoms with van der Waals surface area (Å²) < 4.78 is 2.12. The van der Waals surface area contributed by atoms with Gasteiger partial charge in [-0.15, -0.1) is 0 Å². The lowest BCUT2D eigenvalue weighted by Crippen LogP contribution is -2.48. The molecule has 0 aliphatic carbocycles. The zero-order valence-corrected chi connectivity index (χ0v) is 10.4. The lowest BCUT2D eigenvalue weighted by atomic mass is 10.1. The van der Waals surface area contributed by atoms with Crippen LogP contribution in [0.3, 0.4) is 0 Å². The van der Waals surface area contributed by atoms with Gasteiger partial charge < -0.3 is 10.3 Å². The molecule has 0 radical (unpaired) electrons. The minimum absolute atomic E-state index is 0.903. The second-order valence-electron chi connectivity index (χ2n) is 4.61. The van der Waals surface area contributed by atoms with Crippen molar-refractivity contribution in [2.24, 2.45) is 0 Å². The minimum Gasteiger partial charge on any atom is -0.313 e. The fraction of sp³-hybridized carbons (Fsp3) is 0.357. The van der Waals surface area contributed by atoms with E-state index in [1.165, 1.54) is 5.56 Å². The molecule has 1 N–H and O–H groups in total. The molecule has 1 fully saturated rings. The molecule has 0 saturated carbocycles. The van der Waals surface area contributed by atoms with Gasteiger partial charge in [-0.3, -0.25) is 4.68 Å². The molecule has 0 amide bonds. The highest BCUT2D eigenvalue weighted by Crippen LogP contribution is 2.07. The van der Waals surface area contributed by atoms with Gasteiger partial charge in [0.25, 0.3) is 0 Å². The Bertz CT molecular complexity index is 486. The van der Waals surface area contributed by atoms with E-state index in [9.17, 15) is 0 Å². The molecule has 1 saturated heterocycles. The van der Waals surface area contributed by atoms with Gasteiger partial charge in [0.2, 0.25) is 0 Å². The Balaban J connectivity index is 1.69. The molecule has 0 spiro atoms. The predicted octanol–water partition coefficient (Wildman–Crippen LogP) is 1.02. The van der Waals surface area contributed by atoms with Gasteiger partial charge in [-0.25, -0.2) is 4.98 Å². The number of hydrogen-bond donors (Lipinski definition) is 1. The van der Waals surface area contributed by atoms with Crippen molar-refractivity contribution in [3.63, 3.8) is 0 Å². The predicted molar refractivity (Wildman–Crippen MR) is 72.3 cm³/mol. The lowest BCUT2D eigenvalue weighted by Gasteiger charge is -2.29. The number of nitrogens with one attached hydrogen (secondary N) is 1. The Labute approximate surface area is 107 Å². The maximum atomic E-state index is 4.49. The van der Waals surface area contributed by atoms with E-state index in [0.29, 0.717) is 0 Å². The molecule has 18 heavy (non-hydrogen) atoms. The summed E-state index contributed by atoms with van der Waals surface area (Å²) in [5, 5.41) is 5.67. The van der Waals surface area contributed by atoms with Gasteiger partial charge in [-0.1, -0.05) is 30.3 Å². The summed E-state index contributed by atoms with van der Waals surface area (Å²) in [5.41, 5.74) is 2.43. The first-order valence-corrected chi connectivity index (χ1v) is 6.44. The van der Waals surface area contributed by atoms with E-state index in [0.717, 1.165) is 38.3 Å². The average molecular weight is 242 g/mol. The van der Waals surface area contributed by atoms with E-state index in [1.54, 1.807) is 0 Å². The highest BCUT2D eigenvalue weighted by atomic mass is 15.6. The van der Waals surface area contributed by atoms with Gasteiger partial charge in [0, 0.05) is 38.8 Å². The smallest absolute Gasteiger partial charge is 0.114 e. The monoisotopic (exact) mass is 242 g/mol. The first-order valence-electron chi connectivity index (χ1n) is 6.44. The average Bonchev–Trinajstić information content (AvgIpc) is 2.89. The molecule has 1 aliphatic heterocycles. The summed E-state index contributed by atoms with van der Waals surface area (Å²) in [4.78, 5) is 4.49. The third kappa shape index (κ3) is 2.54. The first kappa shape index (κ1) is 11.3. The van der Waals surface area contributed by atoms with Crippen LogP contribution in [0.15, 0.2) is 42.9 Å². The zero-order chi connectivity index (χ0) is 12.2. The van der Waals surface area contributed by atoms with Gasteiger partial charge >= 0.3 is 0 Å². The van der Waals surface area contributed by atoms with Crippen molar-refractivity contribution < 1.29 is 0 Å². The van der Waals surface area contributed by atoms with Crippen LogP contribution >= 0.6 is 0 Å². The SMILES string of the molecule is c1ccc(Cc2cn(N3CCNCC3)cn2)cc1. The van der Waals surface area contributed by atoms with Crippen molar-refractivity contribution >= 4 is 0 Å². The third-order valence-electron chi connectivity index (χ3n) is 3.27. The van der Waals surface area contributed by atoms with Crippen molar-refractivity contribution in [2.45, 2.75) is 6.42 Å². The van der Waals surface area contributed by atoms with Gasteiger partial charge in [-0.05, 0) is 5.56 Å². The molecular weight excluding hydrogens is 224 g/mol. The van der Waals surface area contributed by atoms with Crippen molar-refractivity contribution in [2.75, 3.05) is 31.2 Å². The van der Waals surface area contributed by atoms with E-state index >= 15 is 0 Å². The number of aromatic nitrogens is 2. The van der Waals surface area contributed by atoms with Crippen LogP contribution in [0.2, 0.25) is 0 Å². The van der Waals surface area contributed by atoms with Crippen molar-refractivity contribution in [1.82, 2.24) is 15.0 Å². The maximum absolute atomic E-state index is 4.49. The highest BCUT2D eigenvalue weighted by molar-refractivity contribution is 5.20. The van der Waals surface area contributed by atoms with Crippen LogP contribution < -0.4 is 10.3 Å². The molecular formula is C14H18N4. The summed E-state index contributed by atoms with van der Waals surface area (Å²) in [6.45, 7) is 4.18. The van der Waals surface area contributed by atoms with Crippen molar-refractivity contribution in [3.8, 4) is 0 Å². The summed E-state index contributed by atoms with van der Waals surface area (Å²) in [6.07, 6.45) is 4.96. The van der Waals surface area contributed by atoms with Crippen LogP contribution in [0, 0.1) is 0 Å². The van der Waals surface area contributed by atoms with Crippen molar-refractivity contribution in [3.05, 3.63) is 54.1 Å². The lowest BCUT2D eigenvalue weighted by molar-refractivity contribution is 0.490. The molecule has 1 aliphatic rings. The van der Waals surface area contributed by atoms with Crippen LogP contribution in [0.1, 0.15) is 11.3 Å². The second kappa shape index (κ2) is 5.23. The van der Waals surface area contributed by atoms with Crippen LogP contribution in [-0.4, -0.2) is 35.8 Å². The number of benzene rings is 1. The molecule has 3 rings (SSSR count). The molecule has 2 heterocycles. The molecule has 2 aromatic rings. The topological polar surface area (TPSA) is 33.1 Å². The molecule has 0 unspecified atom stereocenters. The number of rotatable bonds is 3. The fourth-order valence-corrected chi connectivity index (χ4v) is 2.29. The maximum Gasteiger partial charge on any atom is 0.114 e. The number of nitrogens with zero attached hydrogens (tertiary/aromatic N) is 3. The van der Waals surface area contributed by atoms with E-state index in [1.807, 2.05) is 12.4 Å². The van der Waals surface area contributed by atoms with Crippen molar-refractivity contribution in [1.29, 1.82) is 0 Å². The standard InChI is InChI=1S/C14H18N4/c1-2-4-13(5-3-1)10-14-11-18(12-16-14)17-8-6-15-7-9-17/h1-5,11-12,15H,6-10H2. The molecule has 0 bridgehead atoms. The Morgan fingerprint density at radius 1 is 1.11 bits per heavy atom. The summed E-state index contributed by atoms with van der Waals surface area (Å²) >= 11 is 0. The Kier molecular flexibility index (Phi) is 3.28. The third-order valence-corrected chi connectivity index (χ3v) is 3.27. The number of imidazole rings is 1. The summed E-state index contributed by atoms with van der Waals surface area (Å²) in [6, 6.07) is 10.5. The molecule has 1 aromatic carbocycles. The normalized spacial score (nSPS) is 15.9. The van der Waals surface area contributed by atoms with E-state index in [2.05, 4.69) is 50.4 Å². The second-order valence-corrected chi connectivity index (χ2v) is 4.61. The van der Waals surface area contributed by atoms with Gasteiger partial charge in [-0.2, -0.15) is 0 Å². The molecule has 4 nitrogen and oxygen atoms in total. The van der Waals surface area contributed by atoms with E-state index < -0.39 is 0 Å². The van der Waals surface area contributed by atoms with E-state index in [-0.39, 0.29) is 0 Å². The minimum atomic E-state index is 0.903. The Morgan fingerprint density at radius 3 is 2.67 bits per heavy atom. The fourth-order valence-electron chi connectivity index (χ4n) is 2.29. The van der Waals surface area contributed by atoms with E-state index in [4.69, 9.17) is 0 Å². The molecule has 1 aromatic heterocycles. The van der Waals surface area contributed by atoms with Crippen LogP contribution in [0.25, 0.3) is 0 Å². The number of hydrogen-bond acceptors (Lipinski definition) is 3. The quantitative estimate of drug-likeness (QED) is 0.872. The summed E-state index contributed by atoms with van der Waals surface area (Å²) in [7, 11) is 0. The Hall–Kier alpha value is -1.81. The zero-order valence-electron chi connectivity index (χ0n) is 10.4. The van der Waals surface area contributed by atoms with Crippen LogP contribution in [0.5, 0.6) is 0 Å². The molecule has 0 atom stereocenters. The molecule has 4 heteroatoms.